The summed E-state index contributed by atoms with van der Waals surface area (Å²) in [5.41, 5.74) is 3.85. The largest absolute Gasteiger partial charge is 0.491 e. The third-order valence-electron chi connectivity index (χ3n) is 5.58. The Morgan fingerprint density at radius 1 is 1.27 bits per heavy atom. The highest BCUT2D eigenvalue weighted by atomic mass is 16.5. The van der Waals surface area contributed by atoms with Gasteiger partial charge in [-0.1, -0.05) is 12.2 Å². The summed E-state index contributed by atoms with van der Waals surface area (Å²) < 4.78 is 19.4. The van der Waals surface area contributed by atoms with Gasteiger partial charge in [0.1, 0.15) is 18.1 Å². The summed E-state index contributed by atoms with van der Waals surface area (Å²) in [7, 11) is 0. The molecular formula is C25H32N4O4. The van der Waals surface area contributed by atoms with Gasteiger partial charge in [-0.3, -0.25) is 0 Å². The molecular weight excluding hydrogens is 420 g/mol. The lowest BCUT2D eigenvalue weighted by Gasteiger charge is -2.23. The van der Waals surface area contributed by atoms with Crippen LogP contribution in [0, 0.1) is 0 Å². The first-order valence-electron chi connectivity index (χ1n) is 11.5. The van der Waals surface area contributed by atoms with Crippen molar-refractivity contribution in [3.8, 4) is 5.75 Å². The van der Waals surface area contributed by atoms with Crippen molar-refractivity contribution in [2.24, 2.45) is 4.99 Å². The Labute approximate surface area is 194 Å². The number of hydrogen-bond acceptors (Lipinski definition) is 6. The average Bonchev–Trinajstić information content (AvgIpc) is 3.16. The molecule has 0 saturated carbocycles. The number of allylic oxidation sites excluding steroid dienone is 2. The van der Waals surface area contributed by atoms with Crippen LogP contribution in [0.15, 0.2) is 47.1 Å². The van der Waals surface area contributed by atoms with Gasteiger partial charge in [0.25, 0.3) is 0 Å². The monoisotopic (exact) mass is 452 g/mol. The lowest BCUT2D eigenvalue weighted by Crippen LogP contribution is -2.29. The van der Waals surface area contributed by atoms with Crippen molar-refractivity contribution in [3.05, 3.63) is 47.8 Å². The number of rotatable bonds is 2. The zero-order chi connectivity index (χ0) is 23.4. The van der Waals surface area contributed by atoms with Crippen molar-refractivity contribution >= 4 is 22.7 Å². The van der Waals surface area contributed by atoms with Crippen LogP contribution >= 0.6 is 0 Å². The fraction of sp³-hybridized carbons (Fsp3) is 0.480. The van der Waals surface area contributed by atoms with E-state index in [9.17, 15) is 4.79 Å². The van der Waals surface area contributed by atoms with Crippen LogP contribution in [0.5, 0.6) is 5.75 Å². The molecule has 2 aliphatic rings. The first-order chi connectivity index (χ1) is 15.9. The number of hydrogen-bond donors (Lipinski definition) is 1. The van der Waals surface area contributed by atoms with Crippen molar-refractivity contribution < 1.29 is 19.0 Å². The fourth-order valence-corrected chi connectivity index (χ4v) is 4.02. The molecule has 2 unspecified atom stereocenters. The minimum Gasteiger partial charge on any atom is -0.491 e. The highest BCUT2D eigenvalue weighted by Gasteiger charge is 2.23. The molecule has 0 aliphatic carbocycles. The van der Waals surface area contributed by atoms with E-state index in [1.165, 1.54) is 0 Å². The second-order valence-electron chi connectivity index (χ2n) is 8.80. The lowest BCUT2D eigenvalue weighted by molar-refractivity contribution is -0.0367. The molecule has 3 heterocycles. The first kappa shape index (κ1) is 23.0. The third kappa shape index (κ3) is 5.63. The molecule has 33 heavy (non-hydrogen) atoms. The summed E-state index contributed by atoms with van der Waals surface area (Å²) in [5.74, 6) is 0.744. The number of alkyl carbamates (subject to hydrolysis) is 1. The van der Waals surface area contributed by atoms with Gasteiger partial charge in [-0.15, -0.1) is 0 Å². The Morgan fingerprint density at radius 3 is 2.88 bits per heavy atom. The van der Waals surface area contributed by atoms with E-state index >= 15 is 0 Å². The van der Waals surface area contributed by atoms with E-state index in [1.54, 1.807) is 0 Å². The number of aliphatic imine (C=N–C) groups is 1. The van der Waals surface area contributed by atoms with Crippen molar-refractivity contribution in [1.82, 2.24) is 15.1 Å². The number of nitrogens with one attached hydrogen (secondary N) is 1. The molecule has 0 spiro atoms. The van der Waals surface area contributed by atoms with Crippen molar-refractivity contribution in [3.63, 3.8) is 0 Å². The van der Waals surface area contributed by atoms with E-state index < -0.39 is 6.09 Å². The molecule has 1 N–H and O–H groups in total. The summed E-state index contributed by atoms with van der Waals surface area (Å²) in [6.07, 6.45) is 4.99. The SMILES string of the molecule is C=C1COC(=O)NCCC(C)Oc2ccc3c(c2)c(nn3C2CCCCO2)C(C=C(C)C)=N1. The Balaban J connectivity index is 1.86. The highest BCUT2D eigenvalue weighted by Crippen LogP contribution is 2.31. The number of fused-ring (bicyclic) bond motifs is 1. The van der Waals surface area contributed by atoms with Crippen LogP contribution in [0.4, 0.5) is 4.79 Å². The predicted octanol–water partition coefficient (Wildman–Crippen LogP) is 4.90. The molecule has 1 saturated heterocycles. The Bertz CT molecular complexity index is 1090. The zero-order valence-corrected chi connectivity index (χ0v) is 19.6. The Hall–Kier alpha value is -3.13. The number of carbonyl (C=O) groups excluding carboxylic acids is 1. The molecule has 1 aromatic carbocycles. The number of aromatic nitrogens is 2. The fourth-order valence-electron chi connectivity index (χ4n) is 4.02. The molecule has 2 atom stereocenters. The summed E-state index contributed by atoms with van der Waals surface area (Å²) in [4.78, 5) is 16.7. The van der Waals surface area contributed by atoms with Crippen LogP contribution in [0.2, 0.25) is 0 Å². The van der Waals surface area contributed by atoms with E-state index in [2.05, 4.69) is 11.9 Å². The Morgan fingerprint density at radius 2 is 2.12 bits per heavy atom. The first-order valence-corrected chi connectivity index (χ1v) is 11.5. The Kier molecular flexibility index (Phi) is 7.13. The molecule has 1 fully saturated rings. The topological polar surface area (TPSA) is 87.0 Å². The van der Waals surface area contributed by atoms with Crippen molar-refractivity contribution in [2.75, 3.05) is 19.8 Å². The third-order valence-corrected chi connectivity index (χ3v) is 5.58. The molecule has 1 aromatic heterocycles. The van der Waals surface area contributed by atoms with Crippen LogP contribution in [0.1, 0.15) is 58.4 Å². The van der Waals surface area contributed by atoms with Crippen molar-refractivity contribution in [1.29, 1.82) is 0 Å². The van der Waals surface area contributed by atoms with Crippen LogP contribution in [-0.2, 0) is 9.47 Å². The van der Waals surface area contributed by atoms with E-state index in [4.69, 9.17) is 24.3 Å². The van der Waals surface area contributed by atoms with Gasteiger partial charge in [0.2, 0.25) is 0 Å². The molecule has 0 radical (unpaired) electrons. The molecule has 1 amide bonds. The van der Waals surface area contributed by atoms with Gasteiger partial charge in [0.05, 0.1) is 23.0 Å². The minimum atomic E-state index is -0.501. The van der Waals surface area contributed by atoms with E-state index in [0.29, 0.717) is 24.4 Å². The second-order valence-corrected chi connectivity index (χ2v) is 8.80. The van der Waals surface area contributed by atoms with Gasteiger partial charge < -0.3 is 19.5 Å². The standard InChI is InChI=1S/C25H32N4O4/c1-16(2)13-21-24-20-14-19(8-9-22(20)29(28-24)23-7-5-6-12-31-23)33-18(4)10-11-26-25(30)32-15-17(3)27-21/h8-9,13-14,18,23H,3,5-7,10-12,15H2,1-2,4H3,(H,26,30). The van der Waals surface area contributed by atoms with Crippen LogP contribution < -0.4 is 10.1 Å². The minimum absolute atomic E-state index is 0.00633. The van der Waals surface area contributed by atoms with Gasteiger partial charge in [-0.25, -0.2) is 14.5 Å². The number of carbonyl (C=O) groups is 1. The van der Waals surface area contributed by atoms with E-state index in [1.807, 2.05) is 49.7 Å². The lowest BCUT2D eigenvalue weighted by atomic mass is 10.1. The maximum atomic E-state index is 12.0. The zero-order valence-electron chi connectivity index (χ0n) is 19.6. The van der Waals surface area contributed by atoms with Gasteiger partial charge >= 0.3 is 6.09 Å². The van der Waals surface area contributed by atoms with Gasteiger partial charge in [0.15, 0.2) is 6.23 Å². The van der Waals surface area contributed by atoms with E-state index in [0.717, 1.165) is 53.8 Å². The molecule has 2 aliphatic heterocycles. The summed E-state index contributed by atoms with van der Waals surface area (Å²) in [6.45, 7) is 11.1. The molecule has 8 heteroatoms. The maximum Gasteiger partial charge on any atom is 0.407 e. The number of cyclic esters (lactones) is 1. The van der Waals surface area contributed by atoms with Crippen LogP contribution in [0.3, 0.4) is 0 Å². The van der Waals surface area contributed by atoms with Crippen LogP contribution in [-0.4, -0.2) is 47.4 Å². The summed E-state index contributed by atoms with van der Waals surface area (Å²) >= 11 is 0. The normalized spacial score (nSPS) is 22.5. The molecule has 2 aromatic rings. The van der Waals surface area contributed by atoms with Gasteiger partial charge in [-0.2, -0.15) is 5.10 Å². The molecule has 8 nitrogen and oxygen atoms in total. The number of amides is 1. The van der Waals surface area contributed by atoms with E-state index in [-0.39, 0.29) is 18.9 Å². The van der Waals surface area contributed by atoms with Crippen LogP contribution in [0.25, 0.3) is 10.9 Å². The molecule has 176 valence electrons. The molecule has 4 rings (SSSR count). The second kappa shape index (κ2) is 10.2. The maximum absolute atomic E-state index is 12.0. The van der Waals surface area contributed by atoms with Gasteiger partial charge in [0, 0.05) is 25.0 Å². The number of benzene rings is 1. The smallest absolute Gasteiger partial charge is 0.407 e. The average molecular weight is 453 g/mol. The molecule has 2 bridgehead atoms. The highest BCUT2D eigenvalue weighted by molar-refractivity contribution is 6.15. The number of ether oxygens (including phenoxy) is 3. The predicted molar refractivity (Wildman–Crippen MR) is 128 cm³/mol. The quantitative estimate of drug-likeness (QED) is 0.700. The number of nitrogens with zero attached hydrogens (tertiary/aromatic N) is 3. The summed E-state index contributed by atoms with van der Waals surface area (Å²) in [5, 5.41) is 8.64. The van der Waals surface area contributed by atoms with Gasteiger partial charge in [-0.05, 0) is 64.3 Å². The summed E-state index contributed by atoms with van der Waals surface area (Å²) in [6, 6.07) is 6.00. The van der Waals surface area contributed by atoms with Crippen molar-refractivity contribution in [2.45, 2.75) is 58.8 Å².